The Morgan fingerprint density at radius 1 is 0.673 bits per heavy atom. The van der Waals surface area contributed by atoms with Gasteiger partial charge in [0.2, 0.25) is 5.91 Å². The van der Waals surface area contributed by atoms with Gasteiger partial charge in [0.25, 0.3) is 0 Å². The van der Waals surface area contributed by atoms with Crippen LogP contribution in [0.5, 0.6) is 0 Å². The molecule has 1 heterocycles. The van der Waals surface area contributed by atoms with Crippen molar-refractivity contribution >= 4 is 5.91 Å². The van der Waals surface area contributed by atoms with Crippen LogP contribution in [0.1, 0.15) is 162 Å². The maximum Gasteiger partial charge on any atom is 0.249 e. The predicted molar refractivity (Wildman–Crippen MR) is 205 cm³/mol. The normalized spacial score (nSPS) is 23.3. The molecule has 1 aliphatic rings. The summed E-state index contributed by atoms with van der Waals surface area (Å²) in [5.41, 5.74) is 0. The molecular weight excluding hydrogens is 666 g/mol. The molecule has 0 aromatic heterocycles. The van der Waals surface area contributed by atoms with Crippen LogP contribution in [-0.4, -0.2) is 110 Å². The van der Waals surface area contributed by atoms with Crippen molar-refractivity contribution < 1.29 is 50.0 Å². The summed E-state index contributed by atoms with van der Waals surface area (Å²) in [5, 5.41) is 75.2. The summed E-state index contributed by atoms with van der Waals surface area (Å²) in [7, 11) is 0. The van der Waals surface area contributed by atoms with E-state index in [1.807, 2.05) is 6.08 Å². The molecule has 1 rings (SSSR count). The van der Waals surface area contributed by atoms with E-state index in [1.54, 1.807) is 0 Å². The standard InChI is InChI=1S/C41H77NO10/c1-3-5-7-9-11-13-14-15-16-17-18-19-21-23-25-27-29-34(45)40(50)42-32(31-51-41-39(49)38(48)37(47)35(30-43)52-41)36(46)33(44)28-26-24-22-20-12-10-8-6-4-2/h6,8,20,22,32-39,41,43-49H,3-5,7,9-19,21,23-31H2,1-2H3,(H,42,50)/b8-6+,22-20+. The third-order valence-electron chi connectivity index (χ3n) is 10.00. The van der Waals surface area contributed by atoms with E-state index in [0.29, 0.717) is 19.3 Å². The lowest BCUT2D eigenvalue weighted by molar-refractivity contribution is -0.303. The smallest absolute Gasteiger partial charge is 0.249 e. The third-order valence-corrected chi connectivity index (χ3v) is 10.00. The fourth-order valence-electron chi connectivity index (χ4n) is 6.52. The summed E-state index contributed by atoms with van der Waals surface area (Å²) in [6, 6.07) is -1.18. The van der Waals surface area contributed by atoms with Gasteiger partial charge >= 0.3 is 0 Å². The number of hydrogen-bond acceptors (Lipinski definition) is 10. The monoisotopic (exact) mass is 744 g/mol. The lowest BCUT2D eigenvalue weighted by atomic mass is 9.98. The van der Waals surface area contributed by atoms with Gasteiger partial charge in [0.1, 0.15) is 36.6 Å². The van der Waals surface area contributed by atoms with Crippen molar-refractivity contribution in [2.75, 3.05) is 13.2 Å². The summed E-state index contributed by atoms with van der Waals surface area (Å²) >= 11 is 0. The SMILES string of the molecule is CC/C=C/CC/C=C/CCCC(O)C(O)C(COC1OC(CO)C(O)C(O)C1O)NC(=O)C(O)CCCCCCCCCCCCCCCCCC. The van der Waals surface area contributed by atoms with Crippen LogP contribution in [0.25, 0.3) is 0 Å². The number of carbonyl (C=O) groups is 1. The second kappa shape index (κ2) is 31.9. The molecule has 11 nitrogen and oxygen atoms in total. The van der Waals surface area contributed by atoms with Crippen LogP contribution < -0.4 is 5.32 Å². The Morgan fingerprint density at radius 2 is 1.19 bits per heavy atom. The fraction of sp³-hybridized carbons (Fsp3) is 0.878. The first kappa shape index (κ1) is 48.6. The topological polar surface area (TPSA) is 189 Å². The van der Waals surface area contributed by atoms with Crippen LogP contribution in [0.2, 0.25) is 0 Å². The Balaban J connectivity index is 2.49. The van der Waals surface area contributed by atoms with Gasteiger partial charge in [0.15, 0.2) is 6.29 Å². The highest BCUT2D eigenvalue weighted by atomic mass is 16.7. The molecular formula is C41H77NO10. The van der Waals surface area contributed by atoms with Gasteiger partial charge < -0.3 is 50.5 Å². The minimum absolute atomic E-state index is 0.245. The van der Waals surface area contributed by atoms with Crippen molar-refractivity contribution in [1.82, 2.24) is 5.32 Å². The number of amides is 1. The molecule has 0 saturated carbocycles. The highest BCUT2D eigenvalue weighted by Gasteiger charge is 2.44. The first-order valence-electron chi connectivity index (χ1n) is 20.7. The van der Waals surface area contributed by atoms with Crippen molar-refractivity contribution in [3.05, 3.63) is 24.3 Å². The van der Waals surface area contributed by atoms with Gasteiger partial charge in [-0.3, -0.25) is 4.79 Å². The highest BCUT2D eigenvalue weighted by Crippen LogP contribution is 2.23. The zero-order chi connectivity index (χ0) is 38.4. The van der Waals surface area contributed by atoms with Crippen LogP contribution in [0.3, 0.4) is 0 Å². The molecule has 9 atom stereocenters. The number of carbonyl (C=O) groups excluding carboxylic acids is 1. The molecule has 0 radical (unpaired) electrons. The summed E-state index contributed by atoms with van der Waals surface area (Å²) < 4.78 is 11.0. The highest BCUT2D eigenvalue weighted by molar-refractivity contribution is 5.80. The van der Waals surface area contributed by atoms with Crippen molar-refractivity contribution in [3.63, 3.8) is 0 Å². The molecule has 8 N–H and O–H groups in total. The number of unbranched alkanes of at least 4 members (excludes halogenated alkanes) is 17. The number of aliphatic hydroxyl groups excluding tert-OH is 7. The number of ether oxygens (including phenoxy) is 2. The Hall–Kier alpha value is -1.41. The van der Waals surface area contributed by atoms with E-state index in [0.717, 1.165) is 38.5 Å². The summed E-state index contributed by atoms with van der Waals surface area (Å²) in [4.78, 5) is 13.0. The zero-order valence-electron chi connectivity index (χ0n) is 32.5. The molecule has 0 aromatic rings. The van der Waals surface area contributed by atoms with Gasteiger partial charge in [-0.15, -0.1) is 0 Å². The number of aliphatic hydroxyl groups is 7. The Labute approximate surface area is 314 Å². The molecule has 1 aliphatic heterocycles. The summed E-state index contributed by atoms with van der Waals surface area (Å²) in [6.45, 7) is 3.26. The van der Waals surface area contributed by atoms with Crippen LogP contribution in [0, 0.1) is 0 Å². The predicted octanol–water partition coefficient (Wildman–Crippen LogP) is 5.49. The number of hydrogen-bond donors (Lipinski definition) is 8. The number of allylic oxidation sites excluding steroid dienone is 4. The quantitative estimate of drug-likeness (QED) is 0.0315. The van der Waals surface area contributed by atoms with E-state index >= 15 is 0 Å². The van der Waals surface area contributed by atoms with Gasteiger partial charge in [0, 0.05) is 0 Å². The molecule has 306 valence electrons. The average Bonchev–Trinajstić information content (AvgIpc) is 3.14. The molecule has 0 bridgehead atoms. The van der Waals surface area contributed by atoms with Crippen LogP contribution in [0.15, 0.2) is 24.3 Å². The molecule has 0 aliphatic carbocycles. The third kappa shape index (κ3) is 22.1. The van der Waals surface area contributed by atoms with Crippen LogP contribution in [0.4, 0.5) is 0 Å². The van der Waals surface area contributed by atoms with Gasteiger partial charge in [0.05, 0.1) is 25.4 Å². The summed E-state index contributed by atoms with van der Waals surface area (Å²) in [5.74, 6) is -0.713. The van der Waals surface area contributed by atoms with Gasteiger partial charge in [-0.25, -0.2) is 0 Å². The van der Waals surface area contributed by atoms with Crippen molar-refractivity contribution in [3.8, 4) is 0 Å². The van der Waals surface area contributed by atoms with Crippen LogP contribution in [-0.2, 0) is 14.3 Å². The largest absolute Gasteiger partial charge is 0.394 e. The van der Waals surface area contributed by atoms with Gasteiger partial charge in [-0.2, -0.15) is 0 Å². The first-order chi connectivity index (χ1) is 25.2. The van der Waals surface area contributed by atoms with Crippen molar-refractivity contribution in [2.24, 2.45) is 0 Å². The Morgan fingerprint density at radius 3 is 1.73 bits per heavy atom. The molecule has 1 fully saturated rings. The summed E-state index contributed by atoms with van der Waals surface area (Å²) in [6.07, 6.45) is 21.1. The molecule has 1 amide bonds. The fourth-order valence-corrected chi connectivity index (χ4v) is 6.52. The molecule has 0 spiro atoms. The van der Waals surface area contributed by atoms with Gasteiger partial charge in [-0.05, 0) is 44.9 Å². The van der Waals surface area contributed by atoms with E-state index in [-0.39, 0.29) is 12.8 Å². The molecule has 9 unspecified atom stereocenters. The number of rotatable bonds is 33. The first-order valence-corrected chi connectivity index (χ1v) is 20.7. The van der Waals surface area contributed by atoms with E-state index < -0.39 is 74.2 Å². The minimum atomic E-state index is -1.67. The second-order valence-corrected chi connectivity index (χ2v) is 14.7. The van der Waals surface area contributed by atoms with E-state index in [2.05, 4.69) is 37.4 Å². The zero-order valence-corrected chi connectivity index (χ0v) is 32.5. The van der Waals surface area contributed by atoms with Crippen molar-refractivity contribution in [2.45, 2.75) is 217 Å². The van der Waals surface area contributed by atoms with Crippen molar-refractivity contribution in [1.29, 1.82) is 0 Å². The Kier molecular flexibility index (Phi) is 29.8. The maximum atomic E-state index is 13.0. The lowest BCUT2D eigenvalue weighted by Gasteiger charge is -2.40. The van der Waals surface area contributed by atoms with E-state index in [1.165, 1.54) is 77.0 Å². The second-order valence-electron chi connectivity index (χ2n) is 14.7. The lowest BCUT2D eigenvalue weighted by Crippen LogP contribution is -2.60. The van der Waals surface area contributed by atoms with E-state index in [4.69, 9.17) is 9.47 Å². The van der Waals surface area contributed by atoms with Crippen LogP contribution >= 0.6 is 0 Å². The van der Waals surface area contributed by atoms with E-state index in [9.17, 15) is 40.5 Å². The number of nitrogens with one attached hydrogen (secondary N) is 1. The molecule has 1 saturated heterocycles. The average molecular weight is 744 g/mol. The molecule has 11 heteroatoms. The molecule has 52 heavy (non-hydrogen) atoms. The minimum Gasteiger partial charge on any atom is -0.394 e. The Bertz CT molecular complexity index is 903. The maximum absolute atomic E-state index is 13.0. The molecule has 0 aromatic carbocycles. The van der Waals surface area contributed by atoms with Gasteiger partial charge in [-0.1, -0.05) is 141 Å².